The molecule has 2 amide bonds. The highest BCUT2D eigenvalue weighted by atomic mass is 16.2. The summed E-state index contributed by atoms with van der Waals surface area (Å²) < 4.78 is 1.94. The number of aryl methyl sites for hydroxylation is 1. The van der Waals surface area contributed by atoms with Gasteiger partial charge in [0.15, 0.2) is 0 Å². The SMILES string of the molecule is C[C@H]1CCCCN1CCCCNC(=O)N[C@@H](c1ccccc1)c1nccn1C. The third-order valence-electron chi connectivity index (χ3n) is 5.62. The summed E-state index contributed by atoms with van der Waals surface area (Å²) in [4.78, 5) is 19.5. The summed E-state index contributed by atoms with van der Waals surface area (Å²) in [5.74, 6) is 0.820. The molecule has 2 aromatic rings. The van der Waals surface area contributed by atoms with Crippen molar-refractivity contribution in [3.8, 4) is 0 Å². The molecular formula is C22H33N5O. The lowest BCUT2D eigenvalue weighted by atomic mass is 10.0. The van der Waals surface area contributed by atoms with E-state index in [0.29, 0.717) is 12.6 Å². The van der Waals surface area contributed by atoms with Crippen molar-refractivity contribution in [2.45, 2.75) is 51.1 Å². The van der Waals surface area contributed by atoms with Crippen LogP contribution in [0.3, 0.4) is 0 Å². The van der Waals surface area contributed by atoms with Gasteiger partial charge in [0.05, 0.1) is 0 Å². The van der Waals surface area contributed by atoms with Crippen LogP contribution >= 0.6 is 0 Å². The van der Waals surface area contributed by atoms with Gasteiger partial charge < -0.3 is 20.1 Å². The average molecular weight is 384 g/mol. The van der Waals surface area contributed by atoms with E-state index in [9.17, 15) is 4.79 Å². The number of nitrogens with one attached hydrogen (secondary N) is 2. The summed E-state index contributed by atoms with van der Waals surface area (Å²) in [6, 6.07) is 10.2. The van der Waals surface area contributed by atoms with E-state index in [1.165, 1.54) is 25.8 Å². The van der Waals surface area contributed by atoms with E-state index in [1.54, 1.807) is 6.20 Å². The van der Waals surface area contributed by atoms with Crippen molar-refractivity contribution in [2.75, 3.05) is 19.6 Å². The molecule has 0 radical (unpaired) electrons. The molecule has 1 aliphatic rings. The Hall–Kier alpha value is -2.34. The van der Waals surface area contributed by atoms with Gasteiger partial charge in [0.2, 0.25) is 0 Å². The standard InChI is InChI=1S/C22H33N5O/c1-18-10-6-8-15-27(18)16-9-7-13-24-22(28)25-20(19-11-4-3-5-12-19)21-23-14-17-26(21)2/h3-5,11-12,14,17-18,20H,6-10,13,15-16H2,1-2H3,(H2,24,25,28)/t18-,20-/m0/s1. The van der Waals surface area contributed by atoms with Crippen LogP contribution in [0.15, 0.2) is 42.7 Å². The summed E-state index contributed by atoms with van der Waals surface area (Å²) in [5, 5.41) is 6.09. The molecule has 1 fully saturated rings. The van der Waals surface area contributed by atoms with Crippen LogP contribution in [-0.4, -0.2) is 46.2 Å². The number of imidazole rings is 1. The minimum atomic E-state index is -0.268. The minimum Gasteiger partial charge on any atom is -0.338 e. The summed E-state index contributed by atoms with van der Waals surface area (Å²) >= 11 is 0. The number of urea groups is 1. The predicted molar refractivity (Wildman–Crippen MR) is 112 cm³/mol. The molecule has 152 valence electrons. The molecule has 1 aromatic heterocycles. The number of nitrogens with zero attached hydrogens (tertiary/aromatic N) is 3. The third kappa shape index (κ3) is 5.58. The highest BCUT2D eigenvalue weighted by molar-refractivity contribution is 5.74. The summed E-state index contributed by atoms with van der Waals surface area (Å²) in [6.07, 6.45) is 9.76. The first-order valence-corrected chi connectivity index (χ1v) is 10.5. The molecule has 3 rings (SSSR count). The minimum absolute atomic E-state index is 0.150. The highest BCUT2D eigenvalue weighted by Gasteiger charge is 2.20. The number of unbranched alkanes of at least 4 members (excludes halogenated alkanes) is 1. The maximum atomic E-state index is 12.5. The quantitative estimate of drug-likeness (QED) is 0.686. The van der Waals surface area contributed by atoms with Gasteiger partial charge in [-0.05, 0) is 51.3 Å². The number of likely N-dealkylation sites (tertiary alicyclic amines) is 1. The van der Waals surface area contributed by atoms with Crippen molar-refractivity contribution < 1.29 is 4.79 Å². The molecule has 0 aliphatic carbocycles. The first-order valence-electron chi connectivity index (χ1n) is 10.5. The summed E-state index contributed by atoms with van der Waals surface area (Å²) in [6.45, 7) is 5.37. The van der Waals surface area contributed by atoms with Crippen molar-refractivity contribution in [1.82, 2.24) is 25.1 Å². The number of hydrogen-bond donors (Lipinski definition) is 2. The average Bonchev–Trinajstić information content (AvgIpc) is 3.13. The molecular weight excluding hydrogens is 350 g/mol. The molecule has 0 spiro atoms. The smallest absolute Gasteiger partial charge is 0.315 e. The molecule has 0 unspecified atom stereocenters. The number of carbonyl (C=O) groups excluding carboxylic acids is 1. The van der Waals surface area contributed by atoms with E-state index in [4.69, 9.17) is 0 Å². The molecule has 28 heavy (non-hydrogen) atoms. The zero-order valence-electron chi connectivity index (χ0n) is 17.1. The van der Waals surface area contributed by atoms with Crippen LogP contribution in [0.2, 0.25) is 0 Å². The van der Waals surface area contributed by atoms with Crippen LogP contribution < -0.4 is 10.6 Å². The van der Waals surface area contributed by atoms with Gasteiger partial charge in [-0.15, -0.1) is 0 Å². The zero-order valence-corrected chi connectivity index (χ0v) is 17.1. The first-order chi connectivity index (χ1) is 13.6. The van der Waals surface area contributed by atoms with Gasteiger partial charge in [0.25, 0.3) is 0 Å². The Morgan fingerprint density at radius 2 is 2.07 bits per heavy atom. The third-order valence-corrected chi connectivity index (χ3v) is 5.62. The number of carbonyl (C=O) groups is 1. The zero-order chi connectivity index (χ0) is 19.8. The van der Waals surface area contributed by atoms with E-state index in [-0.39, 0.29) is 12.1 Å². The number of hydrogen-bond acceptors (Lipinski definition) is 3. The second-order valence-electron chi connectivity index (χ2n) is 7.73. The van der Waals surface area contributed by atoms with Gasteiger partial charge in [0, 0.05) is 32.0 Å². The van der Waals surface area contributed by atoms with E-state index >= 15 is 0 Å². The molecule has 1 aromatic carbocycles. The second-order valence-corrected chi connectivity index (χ2v) is 7.73. The maximum absolute atomic E-state index is 12.5. The van der Waals surface area contributed by atoms with E-state index < -0.39 is 0 Å². The number of rotatable bonds is 8. The van der Waals surface area contributed by atoms with Gasteiger partial charge in [-0.2, -0.15) is 0 Å². The van der Waals surface area contributed by atoms with E-state index in [0.717, 1.165) is 30.8 Å². The Bertz CT molecular complexity index is 730. The van der Waals surface area contributed by atoms with E-state index in [1.807, 2.05) is 48.1 Å². The lowest BCUT2D eigenvalue weighted by Gasteiger charge is -2.33. The molecule has 2 N–H and O–H groups in total. The van der Waals surface area contributed by atoms with Gasteiger partial charge in [0.1, 0.15) is 11.9 Å². The Morgan fingerprint density at radius 3 is 2.79 bits per heavy atom. The van der Waals surface area contributed by atoms with Gasteiger partial charge in [-0.3, -0.25) is 0 Å². The van der Waals surface area contributed by atoms with Crippen LogP contribution in [0.25, 0.3) is 0 Å². The van der Waals surface area contributed by atoms with Crippen molar-refractivity contribution >= 4 is 6.03 Å². The van der Waals surface area contributed by atoms with Gasteiger partial charge >= 0.3 is 6.03 Å². The molecule has 6 heteroatoms. The predicted octanol–water partition coefficient (Wildman–Crippen LogP) is 3.46. The first kappa shape index (κ1) is 20.4. The summed E-state index contributed by atoms with van der Waals surface area (Å²) in [7, 11) is 1.94. The Morgan fingerprint density at radius 1 is 1.25 bits per heavy atom. The van der Waals surface area contributed by atoms with Crippen molar-refractivity contribution in [3.63, 3.8) is 0 Å². The van der Waals surface area contributed by atoms with Crippen LogP contribution in [0.1, 0.15) is 56.5 Å². The fourth-order valence-corrected chi connectivity index (χ4v) is 3.91. The maximum Gasteiger partial charge on any atom is 0.315 e. The molecule has 6 nitrogen and oxygen atoms in total. The summed E-state index contributed by atoms with van der Waals surface area (Å²) in [5.41, 5.74) is 1.02. The lowest BCUT2D eigenvalue weighted by molar-refractivity contribution is 0.158. The highest BCUT2D eigenvalue weighted by Crippen LogP contribution is 2.20. The largest absolute Gasteiger partial charge is 0.338 e. The molecule has 2 heterocycles. The second kappa shape index (κ2) is 10.3. The van der Waals surface area contributed by atoms with Crippen molar-refractivity contribution in [3.05, 3.63) is 54.1 Å². The molecule has 2 atom stereocenters. The number of amides is 2. The number of aromatic nitrogens is 2. The van der Waals surface area contributed by atoms with Crippen LogP contribution in [0.5, 0.6) is 0 Å². The fraction of sp³-hybridized carbons (Fsp3) is 0.545. The monoisotopic (exact) mass is 383 g/mol. The molecule has 1 aliphatic heterocycles. The molecule has 0 saturated carbocycles. The number of piperidine rings is 1. The van der Waals surface area contributed by atoms with Crippen molar-refractivity contribution in [1.29, 1.82) is 0 Å². The molecule has 1 saturated heterocycles. The normalized spacial score (nSPS) is 18.6. The lowest BCUT2D eigenvalue weighted by Crippen LogP contribution is -2.40. The Kier molecular flexibility index (Phi) is 7.48. The Labute approximate surface area is 168 Å². The van der Waals surface area contributed by atoms with E-state index in [2.05, 4.69) is 27.4 Å². The van der Waals surface area contributed by atoms with Crippen LogP contribution in [0, 0.1) is 0 Å². The number of benzene rings is 1. The van der Waals surface area contributed by atoms with Gasteiger partial charge in [-0.25, -0.2) is 9.78 Å². The van der Waals surface area contributed by atoms with Crippen LogP contribution in [0.4, 0.5) is 4.79 Å². The topological polar surface area (TPSA) is 62.2 Å². The fourth-order valence-electron chi connectivity index (χ4n) is 3.91. The Balaban J connectivity index is 1.46. The van der Waals surface area contributed by atoms with Crippen LogP contribution in [-0.2, 0) is 7.05 Å². The van der Waals surface area contributed by atoms with Gasteiger partial charge in [-0.1, -0.05) is 36.8 Å². The van der Waals surface area contributed by atoms with Crippen molar-refractivity contribution in [2.24, 2.45) is 7.05 Å². The molecule has 0 bridgehead atoms.